The van der Waals surface area contributed by atoms with Gasteiger partial charge in [0.2, 0.25) is 0 Å². The maximum atomic E-state index is 12.6. The Labute approximate surface area is 139 Å². The summed E-state index contributed by atoms with van der Waals surface area (Å²) in [5.41, 5.74) is -0.167. The molecule has 2 heterocycles. The van der Waals surface area contributed by atoms with Gasteiger partial charge >= 0.3 is 5.69 Å². The summed E-state index contributed by atoms with van der Waals surface area (Å²) in [5, 5.41) is 19.0. The Balaban J connectivity index is 2.20. The van der Waals surface area contributed by atoms with Crippen LogP contribution in [-0.4, -0.2) is 35.3 Å². The lowest BCUT2D eigenvalue weighted by molar-refractivity contribution is 0.0627. The van der Waals surface area contributed by atoms with E-state index in [2.05, 4.69) is 10.2 Å². The van der Waals surface area contributed by atoms with Crippen LogP contribution in [0.15, 0.2) is 9.59 Å². The summed E-state index contributed by atoms with van der Waals surface area (Å²) in [4.78, 5) is 26.7. The first-order valence-corrected chi connectivity index (χ1v) is 8.86. The van der Waals surface area contributed by atoms with Crippen LogP contribution in [0.3, 0.4) is 0 Å². The van der Waals surface area contributed by atoms with Crippen LogP contribution in [0.4, 0.5) is 0 Å². The summed E-state index contributed by atoms with van der Waals surface area (Å²) in [6, 6.07) is -0.227. The van der Waals surface area contributed by atoms with E-state index in [1.54, 1.807) is 0 Å². The van der Waals surface area contributed by atoms with E-state index in [-0.39, 0.29) is 22.8 Å². The van der Waals surface area contributed by atoms with Gasteiger partial charge in [-0.05, 0) is 25.7 Å². The number of aromatic nitrogens is 5. The molecule has 0 spiro atoms. The van der Waals surface area contributed by atoms with E-state index >= 15 is 0 Å². The highest BCUT2D eigenvalue weighted by Crippen LogP contribution is 2.27. The van der Waals surface area contributed by atoms with E-state index in [4.69, 9.17) is 0 Å². The van der Waals surface area contributed by atoms with E-state index in [1.807, 2.05) is 13.8 Å². The zero-order valence-electron chi connectivity index (χ0n) is 14.3. The van der Waals surface area contributed by atoms with Crippen LogP contribution in [-0.2, 0) is 13.1 Å². The molecule has 0 aliphatic heterocycles. The van der Waals surface area contributed by atoms with Crippen molar-refractivity contribution in [2.45, 2.75) is 77.6 Å². The normalized spacial score (nSPS) is 21.5. The Kier molecular flexibility index (Phi) is 4.84. The van der Waals surface area contributed by atoms with Gasteiger partial charge in [0.25, 0.3) is 5.56 Å². The lowest BCUT2D eigenvalue weighted by Gasteiger charge is -2.26. The maximum absolute atomic E-state index is 12.6. The molecule has 1 aliphatic carbocycles. The van der Waals surface area contributed by atoms with Gasteiger partial charge < -0.3 is 5.11 Å². The molecule has 8 nitrogen and oxygen atoms in total. The highest BCUT2D eigenvalue weighted by atomic mass is 16.3. The fourth-order valence-corrected chi connectivity index (χ4v) is 3.44. The third kappa shape index (κ3) is 2.79. The Morgan fingerprint density at radius 1 is 1.04 bits per heavy atom. The molecule has 0 bridgehead atoms. The molecule has 24 heavy (non-hydrogen) atoms. The monoisotopic (exact) mass is 335 g/mol. The third-order valence-corrected chi connectivity index (χ3v) is 4.66. The molecule has 8 heteroatoms. The number of rotatable bonds is 5. The van der Waals surface area contributed by atoms with Gasteiger partial charge in [0.05, 0.1) is 12.1 Å². The van der Waals surface area contributed by atoms with Gasteiger partial charge in [-0.15, -0.1) is 10.2 Å². The van der Waals surface area contributed by atoms with Gasteiger partial charge in [0.15, 0.2) is 11.2 Å². The van der Waals surface area contributed by atoms with Crippen molar-refractivity contribution in [3.8, 4) is 0 Å². The minimum atomic E-state index is -0.509. The molecule has 1 fully saturated rings. The number of hydrogen-bond acceptors (Lipinski definition) is 5. The topological polar surface area (TPSA) is 94.9 Å². The summed E-state index contributed by atoms with van der Waals surface area (Å²) in [5.74, 6) is 0. The third-order valence-electron chi connectivity index (χ3n) is 4.66. The summed E-state index contributed by atoms with van der Waals surface area (Å²) >= 11 is 0. The molecule has 3 rings (SSSR count). The van der Waals surface area contributed by atoms with Crippen molar-refractivity contribution >= 4 is 11.2 Å². The minimum Gasteiger partial charge on any atom is -0.391 e. The number of aliphatic hydroxyl groups excluding tert-OH is 1. The zero-order valence-corrected chi connectivity index (χ0v) is 14.3. The van der Waals surface area contributed by atoms with Crippen molar-refractivity contribution in [3.05, 3.63) is 20.8 Å². The van der Waals surface area contributed by atoms with E-state index in [0.29, 0.717) is 31.6 Å². The lowest BCUT2D eigenvalue weighted by atomic mass is 9.93. The lowest BCUT2D eigenvalue weighted by Crippen LogP contribution is -2.40. The van der Waals surface area contributed by atoms with Crippen LogP contribution >= 0.6 is 0 Å². The molecular weight excluding hydrogens is 310 g/mol. The first-order chi connectivity index (χ1) is 11.6. The smallest absolute Gasteiger partial charge is 0.332 e. The van der Waals surface area contributed by atoms with E-state index in [1.165, 1.54) is 13.9 Å². The van der Waals surface area contributed by atoms with Crippen molar-refractivity contribution < 1.29 is 5.11 Å². The SMILES string of the molecule is CCCn1c(=O)c2nn([C@@H]3CCCC[C@H]3O)nc2n(CCC)c1=O. The zero-order chi connectivity index (χ0) is 17.3. The van der Waals surface area contributed by atoms with E-state index in [9.17, 15) is 14.7 Å². The number of aliphatic hydroxyl groups is 1. The van der Waals surface area contributed by atoms with E-state index in [0.717, 1.165) is 25.7 Å². The highest BCUT2D eigenvalue weighted by Gasteiger charge is 2.28. The Morgan fingerprint density at radius 2 is 1.71 bits per heavy atom. The Morgan fingerprint density at radius 3 is 2.38 bits per heavy atom. The molecule has 0 unspecified atom stereocenters. The van der Waals surface area contributed by atoms with Crippen LogP contribution < -0.4 is 11.2 Å². The van der Waals surface area contributed by atoms with Crippen molar-refractivity contribution in [1.82, 2.24) is 24.1 Å². The van der Waals surface area contributed by atoms with Gasteiger partial charge in [0, 0.05) is 13.1 Å². The predicted molar refractivity (Wildman–Crippen MR) is 90.1 cm³/mol. The van der Waals surface area contributed by atoms with Crippen molar-refractivity contribution in [3.63, 3.8) is 0 Å². The van der Waals surface area contributed by atoms with Gasteiger partial charge in [-0.3, -0.25) is 13.9 Å². The second-order valence-electron chi connectivity index (χ2n) is 6.50. The first-order valence-electron chi connectivity index (χ1n) is 8.86. The number of aryl methyl sites for hydroxylation is 1. The molecule has 2 atom stereocenters. The first kappa shape index (κ1) is 16.9. The second kappa shape index (κ2) is 6.88. The van der Waals surface area contributed by atoms with Crippen LogP contribution in [0, 0.1) is 0 Å². The molecule has 0 amide bonds. The van der Waals surface area contributed by atoms with Crippen LogP contribution in [0.5, 0.6) is 0 Å². The van der Waals surface area contributed by atoms with Gasteiger partial charge in [-0.25, -0.2) is 4.79 Å². The number of hydrogen-bond donors (Lipinski definition) is 1. The summed E-state index contributed by atoms with van der Waals surface area (Å²) in [6.07, 6.45) is 4.43. The number of nitrogens with zero attached hydrogens (tertiary/aromatic N) is 5. The van der Waals surface area contributed by atoms with Gasteiger partial charge in [0.1, 0.15) is 0 Å². The molecule has 0 saturated heterocycles. The molecule has 0 aromatic carbocycles. The molecule has 1 aliphatic rings. The largest absolute Gasteiger partial charge is 0.391 e. The van der Waals surface area contributed by atoms with Crippen LogP contribution in [0.1, 0.15) is 58.4 Å². The quantitative estimate of drug-likeness (QED) is 0.881. The van der Waals surface area contributed by atoms with Crippen molar-refractivity contribution in [2.24, 2.45) is 0 Å². The van der Waals surface area contributed by atoms with Crippen molar-refractivity contribution in [1.29, 1.82) is 0 Å². The molecule has 2 aromatic rings. The van der Waals surface area contributed by atoms with Crippen LogP contribution in [0.2, 0.25) is 0 Å². The van der Waals surface area contributed by atoms with Crippen molar-refractivity contribution in [2.75, 3.05) is 0 Å². The fourth-order valence-electron chi connectivity index (χ4n) is 3.44. The summed E-state index contributed by atoms with van der Waals surface area (Å²) < 4.78 is 2.78. The maximum Gasteiger partial charge on any atom is 0.332 e. The molecule has 1 N–H and O–H groups in total. The molecule has 1 saturated carbocycles. The second-order valence-corrected chi connectivity index (χ2v) is 6.50. The van der Waals surface area contributed by atoms with E-state index < -0.39 is 6.10 Å². The minimum absolute atomic E-state index is 0.217. The average Bonchev–Trinajstić information content (AvgIpc) is 3.01. The van der Waals surface area contributed by atoms with Gasteiger partial charge in [-0.1, -0.05) is 26.7 Å². The summed E-state index contributed by atoms with van der Waals surface area (Å²) in [7, 11) is 0. The van der Waals surface area contributed by atoms with Gasteiger partial charge in [-0.2, -0.15) is 4.80 Å². The highest BCUT2D eigenvalue weighted by molar-refractivity contribution is 5.67. The Bertz CT molecular complexity index is 835. The standard InChI is InChI=1S/C16H25N5O3/c1-3-9-19-14-13(15(23)20(10-4-2)16(19)24)17-21(18-14)11-7-5-6-8-12(11)22/h11-12,22H,3-10H2,1-2H3/t11-,12-/m1/s1. The molecule has 2 aromatic heterocycles. The Hall–Kier alpha value is -1.96. The molecular formula is C16H25N5O3. The van der Waals surface area contributed by atoms with Crippen LogP contribution in [0.25, 0.3) is 11.2 Å². The number of fused-ring (bicyclic) bond motifs is 1. The molecule has 0 radical (unpaired) electrons. The fraction of sp³-hybridized carbons (Fsp3) is 0.750. The summed E-state index contributed by atoms with van der Waals surface area (Å²) in [6.45, 7) is 4.76. The predicted octanol–water partition coefficient (Wildman–Crippen LogP) is 1.05. The average molecular weight is 335 g/mol. The molecule has 132 valence electrons.